The van der Waals surface area contributed by atoms with Gasteiger partial charge in [-0.2, -0.15) is 0 Å². The Labute approximate surface area is 138 Å². The highest BCUT2D eigenvalue weighted by atomic mass is 35.5. The first-order valence-corrected chi connectivity index (χ1v) is 7.82. The van der Waals surface area contributed by atoms with Gasteiger partial charge in [-0.15, -0.1) is 12.4 Å². The Hall–Kier alpha value is -1.51. The molecule has 1 heterocycles. The fourth-order valence-corrected chi connectivity index (χ4v) is 4.27. The molecule has 2 aliphatic rings. The van der Waals surface area contributed by atoms with E-state index in [0.29, 0.717) is 23.6 Å². The van der Waals surface area contributed by atoms with Crippen molar-refractivity contribution in [2.75, 3.05) is 13.6 Å². The first-order valence-electron chi connectivity index (χ1n) is 7.82. The molecule has 116 valence electrons. The molecule has 0 saturated carbocycles. The zero-order valence-corrected chi connectivity index (χ0v) is 13.6. The molecule has 1 aliphatic heterocycles. The maximum Gasteiger partial charge on any atom is 0.115 e. The summed E-state index contributed by atoms with van der Waals surface area (Å²) in [6, 6.07) is 17.4. The average Bonchev–Trinajstić information content (AvgIpc) is 2.89. The molecule has 0 bridgehead atoms. The van der Waals surface area contributed by atoms with Gasteiger partial charge in [-0.3, -0.25) is 0 Å². The highest BCUT2D eigenvalue weighted by Gasteiger charge is 2.40. The lowest BCUT2D eigenvalue weighted by Crippen LogP contribution is -2.34. The summed E-state index contributed by atoms with van der Waals surface area (Å²) in [7, 11) is 2.26. The third kappa shape index (κ3) is 2.41. The summed E-state index contributed by atoms with van der Waals surface area (Å²) < 4.78 is 0. The zero-order chi connectivity index (χ0) is 14.4. The van der Waals surface area contributed by atoms with Crippen LogP contribution in [0.1, 0.15) is 41.4 Å². The molecule has 3 atom stereocenters. The van der Waals surface area contributed by atoms with E-state index in [1.54, 1.807) is 0 Å². The third-order valence-electron chi connectivity index (χ3n) is 5.37. The highest BCUT2D eigenvalue weighted by molar-refractivity contribution is 5.85. The molecule has 2 aromatic rings. The Kier molecular flexibility index (Phi) is 4.16. The minimum absolute atomic E-state index is 0. The average molecular weight is 316 g/mol. The van der Waals surface area contributed by atoms with Crippen LogP contribution in [0.3, 0.4) is 0 Å². The minimum atomic E-state index is 0. The van der Waals surface area contributed by atoms with Crippen molar-refractivity contribution in [2.24, 2.45) is 0 Å². The molecule has 4 rings (SSSR count). The van der Waals surface area contributed by atoms with E-state index in [1.165, 1.54) is 36.1 Å². The smallest absolute Gasteiger partial charge is 0.115 e. The van der Waals surface area contributed by atoms with Crippen molar-refractivity contribution in [3.8, 4) is 5.75 Å². The number of rotatable bonds is 1. The number of hydrogen-bond acceptors (Lipinski definition) is 2. The zero-order valence-electron chi connectivity index (χ0n) is 12.8. The number of phenols is 1. The van der Waals surface area contributed by atoms with E-state index in [2.05, 4.69) is 48.3 Å². The first-order chi connectivity index (χ1) is 10.2. The van der Waals surface area contributed by atoms with Crippen molar-refractivity contribution in [3.63, 3.8) is 0 Å². The summed E-state index contributed by atoms with van der Waals surface area (Å²) in [5.74, 6) is 1.49. The molecule has 1 fully saturated rings. The summed E-state index contributed by atoms with van der Waals surface area (Å²) in [5.41, 5.74) is 4.34. The Morgan fingerprint density at radius 3 is 2.41 bits per heavy atom. The standard InChI is InChI=1S/C19H21NO.ClH/c1-20-11-10-17-15-4-2-3-5-16(15)18(12-19(17)20)13-6-8-14(21)9-7-13;/h2-9,17-19,21H,10-12H2,1H3;1H/t17-,18+,19+;/m1./s1. The molecule has 2 aromatic carbocycles. The maximum atomic E-state index is 9.53. The van der Waals surface area contributed by atoms with Crippen LogP contribution in [0.25, 0.3) is 0 Å². The molecule has 1 N–H and O–H groups in total. The third-order valence-corrected chi connectivity index (χ3v) is 5.37. The van der Waals surface area contributed by atoms with E-state index in [0.717, 1.165) is 0 Å². The van der Waals surface area contributed by atoms with Crippen molar-refractivity contribution >= 4 is 12.4 Å². The first kappa shape index (κ1) is 15.4. The van der Waals surface area contributed by atoms with Gasteiger partial charge < -0.3 is 10.0 Å². The fourth-order valence-electron chi connectivity index (χ4n) is 4.27. The predicted octanol–water partition coefficient (Wildman–Crippen LogP) is 4.14. The maximum absolute atomic E-state index is 9.53. The molecule has 0 aromatic heterocycles. The van der Waals surface area contributed by atoms with Gasteiger partial charge in [-0.05, 0) is 55.3 Å². The number of likely N-dealkylation sites (tertiary alicyclic amines) is 1. The second-order valence-electron chi connectivity index (χ2n) is 6.45. The van der Waals surface area contributed by atoms with Gasteiger partial charge in [0.1, 0.15) is 5.75 Å². The number of likely N-dealkylation sites (N-methyl/N-ethyl adjacent to an activating group) is 1. The molecule has 2 nitrogen and oxygen atoms in total. The molecule has 1 aliphatic carbocycles. The number of nitrogens with zero attached hydrogens (tertiary/aromatic N) is 1. The summed E-state index contributed by atoms with van der Waals surface area (Å²) in [5, 5.41) is 9.53. The van der Waals surface area contributed by atoms with Crippen LogP contribution >= 0.6 is 12.4 Å². The fraction of sp³-hybridized carbons (Fsp3) is 0.368. The van der Waals surface area contributed by atoms with E-state index in [4.69, 9.17) is 0 Å². The van der Waals surface area contributed by atoms with Gasteiger partial charge in [0.25, 0.3) is 0 Å². The SMILES string of the molecule is CN1CC[C@@H]2c3ccccc3[C@H](c3ccc(O)cc3)C[C@@H]21.Cl. The quantitative estimate of drug-likeness (QED) is 0.855. The van der Waals surface area contributed by atoms with Gasteiger partial charge in [0.05, 0.1) is 0 Å². The lowest BCUT2D eigenvalue weighted by Gasteiger charge is -2.37. The normalized spacial score (nSPS) is 26.9. The number of halogens is 1. The Balaban J connectivity index is 0.00000144. The molecule has 0 unspecified atom stereocenters. The van der Waals surface area contributed by atoms with Crippen LogP contribution in [0.4, 0.5) is 0 Å². The molecular weight excluding hydrogens is 294 g/mol. The van der Waals surface area contributed by atoms with Crippen molar-refractivity contribution in [1.82, 2.24) is 4.90 Å². The van der Waals surface area contributed by atoms with Gasteiger partial charge in [0.2, 0.25) is 0 Å². The lowest BCUT2D eigenvalue weighted by molar-refractivity contribution is 0.265. The van der Waals surface area contributed by atoms with E-state index in [1.807, 2.05) is 12.1 Å². The summed E-state index contributed by atoms with van der Waals surface area (Å²) in [6.45, 7) is 1.20. The summed E-state index contributed by atoms with van der Waals surface area (Å²) in [4.78, 5) is 2.52. The van der Waals surface area contributed by atoms with Gasteiger partial charge in [-0.25, -0.2) is 0 Å². The van der Waals surface area contributed by atoms with Gasteiger partial charge >= 0.3 is 0 Å². The van der Waals surface area contributed by atoms with Gasteiger partial charge in [0, 0.05) is 17.9 Å². The van der Waals surface area contributed by atoms with Crippen LogP contribution in [-0.2, 0) is 0 Å². The Morgan fingerprint density at radius 1 is 1.00 bits per heavy atom. The predicted molar refractivity (Wildman–Crippen MR) is 92.0 cm³/mol. The number of hydrogen-bond donors (Lipinski definition) is 1. The number of benzene rings is 2. The van der Waals surface area contributed by atoms with Crippen LogP contribution in [0.5, 0.6) is 5.75 Å². The van der Waals surface area contributed by atoms with E-state index in [-0.39, 0.29) is 12.4 Å². The monoisotopic (exact) mass is 315 g/mol. The minimum Gasteiger partial charge on any atom is -0.508 e. The number of phenolic OH excluding ortho intramolecular Hbond substituents is 1. The Morgan fingerprint density at radius 2 is 1.68 bits per heavy atom. The van der Waals surface area contributed by atoms with Crippen molar-refractivity contribution in [2.45, 2.75) is 30.7 Å². The van der Waals surface area contributed by atoms with Crippen LogP contribution in [0, 0.1) is 0 Å². The van der Waals surface area contributed by atoms with Gasteiger partial charge in [-0.1, -0.05) is 36.4 Å². The molecular formula is C19H22ClNO. The van der Waals surface area contributed by atoms with Crippen LogP contribution < -0.4 is 0 Å². The van der Waals surface area contributed by atoms with Crippen molar-refractivity contribution in [1.29, 1.82) is 0 Å². The Bertz CT molecular complexity index is 655. The summed E-state index contributed by atoms with van der Waals surface area (Å²) in [6.07, 6.45) is 2.46. The van der Waals surface area contributed by atoms with Crippen molar-refractivity contribution < 1.29 is 5.11 Å². The molecule has 0 radical (unpaired) electrons. The van der Waals surface area contributed by atoms with E-state index >= 15 is 0 Å². The van der Waals surface area contributed by atoms with Crippen LogP contribution in [0.15, 0.2) is 48.5 Å². The highest BCUT2D eigenvalue weighted by Crippen LogP contribution is 2.47. The van der Waals surface area contributed by atoms with Gasteiger partial charge in [0.15, 0.2) is 0 Å². The van der Waals surface area contributed by atoms with E-state index in [9.17, 15) is 5.11 Å². The molecule has 22 heavy (non-hydrogen) atoms. The van der Waals surface area contributed by atoms with Crippen molar-refractivity contribution in [3.05, 3.63) is 65.2 Å². The van der Waals surface area contributed by atoms with Crippen LogP contribution in [-0.4, -0.2) is 29.6 Å². The molecule has 0 spiro atoms. The molecule has 1 saturated heterocycles. The largest absolute Gasteiger partial charge is 0.508 e. The second-order valence-corrected chi connectivity index (χ2v) is 6.45. The topological polar surface area (TPSA) is 23.5 Å². The summed E-state index contributed by atoms with van der Waals surface area (Å²) >= 11 is 0. The lowest BCUT2D eigenvalue weighted by atomic mass is 9.71. The molecule has 3 heteroatoms. The van der Waals surface area contributed by atoms with E-state index < -0.39 is 0 Å². The van der Waals surface area contributed by atoms with Crippen LogP contribution in [0.2, 0.25) is 0 Å². The number of aromatic hydroxyl groups is 1. The number of fused-ring (bicyclic) bond motifs is 3. The second kappa shape index (κ2) is 5.94. The molecule has 0 amide bonds.